The molecule has 1 unspecified atom stereocenters. The van der Waals surface area contributed by atoms with Gasteiger partial charge in [-0.05, 0) is 29.0 Å². The van der Waals surface area contributed by atoms with E-state index in [1.54, 1.807) is 4.68 Å². The molecule has 0 aliphatic carbocycles. The number of amides is 1. The first kappa shape index (κ1) is 21.5. The van der Waals surface area contributed by atoms with Crippen molar-refractivity contribution in [1.29, 1.82) is 0 Å². The molecule has 1 aliphatic rings. The summed E-state index contributed by atoms with van der Waals surface area (Å²) in [5.41, 5.74) is 3.62. The van der Waals surface area contributed by atoms with Crippen LogP contribution >= 0.6 is 12.4 Å². The lowest BCUT2D eigenvalue weighted by Gasteiger charge is -2.26. The molecule has 1 aromatic heterocycles. The van der Waals surface area contributed by atoms with Crippen LogP contribution in [0.4, 0.5) is 0 Å². The summed E-state index contributed by atoms with van der Waals surface area (Å²) >= 11 is 0. The second-order valence-electron chi connectivity index (χ2n) is 7.64. The Morgan fingerprint density at radius 1 is 1.30 bits per heavy atom. The first-order chi connectivity index (χ1) is 12.5. The van der Waals surface area contributed by atoms with Crippen molar-refractivity contribution in [3.8, 4) is 0 Å². The van der Waals surface area contributed by atoms with Crippen LogP contribution in [0.1, 0.15) is 49.4 Å². The highest BCUT2D eigenvalue weighted by atomic mass is 35.5. The molecule has 0 bridgehead atoms. The molecule has 1 amide bonds. The molecular formula is C21H31ClN4O. The number of aromatic nitrogens is 2. The number of aryl methyl sites for hydroxylation is 2. The van der Waals surface area contributed by atoms with Gasteiger partial charge in [0.1, 0.15) is 0 Å². The monoisotopic (exact) mass is 390 g/mol. The molecule has 2 heterocycles. The topological polar surface area (TPSA) is 59.0 Å². The fourth-order valence-corrected chi connectivity index (χ4v) is 3.79. The predicted molar refractivity (Wildman–Crippen MR) is 111 cm³/mol. The minimum absolute atomic E-state index is 0. The van der Waals surface area contributed by atoms with Gasteiger partial charge in [-0.15, -0.1) is 12.4 Å². The summed E-state index contributed by atoms with van der Waals surface area (Å²) < 4.78 is 1.80. The maximum absolute atomic E-state index is 13.1. The molecule has 6 heteroatoms. The normalized spacial score (nSPS) is 20.3. The van der Waals surface area contributed by atoms with Crippen molar-refractivity contribution in [2.75, 3.05) is 13.1 Å². The molecule has 3 rings (SSSR count). The van der Waals surface area contributed by atoms with E-state index in [2.05, 4.69) is 60.8 Å². The Hall–Kier alpha value is -1.85. The Balaban J connectivity index is 0.00000261. The number of nitrogens with zero attached hydrogens (tertiary/aromatic N) is 2. The lowest BCUT2D eigenvalue weighted by atomic mass is 9.88. The summed E-state index contributed by atoms with van der Waals surface area (Å²) in [6.07, 6.45) is 4.92. The van der Waals surface area contributed by atoms with Crippen molar-refractivity contribution < 1.29 is 4.79 Å². The second-order valence-corrected chi connectivity index (χ2v) is 7.64. The van der Waals surface area contributed by atoms with Crippen LogP contribution in [0.5, 0.6) is 0 Å². The van der Waals surface area contributed by atoms with Crippen molar-refractivity contribution >= 4 is 18.3 Å². The van der Waals surface area contributed by atoms with Crippen LogP contribution in [0, 0.1) is 11.8 Å². The van der Waals surface area contributed by atoms with Gasteiger partial charge in [-0.2, -0.15) is 5.10 Å². The quantitative estimate of drug-likeness (QED) is 0.796. The number of carbonyl (C=O) groups is 1. The molecule has 3 atom stereocenters. The van der Waals surface area contributed by atoms with Crippen LogP contribution in [0.25, 0.3) is 0 Å². The standard InChI is InChI=1S/C21H30N4O.ClH/c1-5-15-6-8-16(9-7-15)20(14(2)3)24-21(26)19-12-22-11-18(19)17-10-23-25(4)13-17;/h6-10,13-14,18-20,22H,5,11-12H2,1-4H3,(H,24,26);1H/t18-,19+,20?;/m1./s1. The molecule has 27 heavy (non-hydrogen) atoms. The van der Waals surface area contributed by atoms with Crippen molar-refractivity contribution in [1.82, 2.24) is 20.4 Å². The van der Waals surface area contributed by atoms with Gasteiger partial charge in [0.2, 0.25) is 5.91 Å². The Kier molecular flexibility index (Phi) is 7.45. The van der Waals surface area contributed by atoms with Crippen molar-refractivity contribution in [3.63, 3.8) is 0 Å². The van der Waals surface area contributed by atoms with Gasteiger partial charge in [0.05, 0.1) is 18.2 Å². The molecular weight excluding hydrogens is 360 g/mol. The highest BCUT2D eigenvalue weighted by molar-refractivity contribution is 5.85. The lowest BCUT2D eigenvalue weighted by molar-refractivity contribution is -0.125. The molecule has 1 aliphatic heterocycles. The summed E-state index contributed by atoms with van der Waals surface area (Å²) in [4.78, 5) is 13.1. The van der Waals surface area contributed by atoms with Crippen molar-refractivity contribution in [3.05, 3.63) is 53.3 Å². The van der Waals surface area contributed by atoms with E-state index < -0.39 is 0 Å². The third kappa shape index (κ3) is 4.90. The average Bonchev–Trinajstić information content (AvgIpc) is 3.28. The van der Waals surface area contributed by atoms with Crippen LogP contribution in [0.3, 0.4) is 0 Å². The van der Waals surface area contributed by atoms with Gasteiger partial charge >= 0.3 is 0 Å². The van der Waals surface area contributed by atoms with Crippen LogP contribution in [0.15, 0.2) is 36.7 Å². The Labute approximate surface area is 168 Å². The van der Waals surface area contributed by atoms with E-state index in [1.165, 1.54) is 11.1 Å². The van der Waals surface area contributed by atoms with Gasteiger partial charge < -0.3 is 10.6 Å². The van der Waals surface area contributed by atoms with Gasteiger partial charge in [0.25, 0.3) is 0 Å². The third-order valence-corrected chi connectivity index (χ3v) is 5.42. The lowest BCUT2D eigenvalue weighted by Crippen LogP contribution is -2.38. The summed E-state index contributed by atoms with van der Waals surface area (Å²) in [5.74, 6) is 0.578. The first-order valence-electron chi connectivity index (χ1n) is 9.58. The van der Waals surface area contributed by atoms with Crippen LogP contribution in [0.2, 0.25) is 0 Å². The molecule has 5 nitrogen and oxygen atoms in total. The summed E-state index contributed by atoms with van der Waals surface area (Å²) in [6, 6.07) is 8.65. The minimum Gasteiger partial charge on any atom is -0.349 e. The molecule has 2 aromatic rings. The number of nitrogens with one attached hydrogen (secondary N) is 2. The van der Waals surface area contributed by atoms with Gasteiger partial charge in [-0.3, -0.25) is 9.48 Å². The first-order valence-corrected chi connectivity index (χ1v) is 9.58. The molecule has 0 radical (unpaired) electrons. The molecule has 0 spiro atoms. The summed E-state index contributed by atoms with van der Waals surface area (Å²) in [7, 11) is 1.91. The fraction of sp³-hybridized carbons (Fsp3) is 0.524. The largest absolute Gasteiger partial charge is 0.349 e. The minimum atomic E-state index is -0.0598. The molecule has 0 saturated carbocycles. The van der Waals surface area contributed by atoms with E-state index in [9.17, 15) is 4.79 Å². The number of carbonyl (C=O) groups excluding carboxylic acids is 1. The predicted octanol–water partition coefficient (Wildman–Crippen LogP) is 3.22. The maximum Gasteiger partial charge on any atom is 0.225 e. The van der Waals surface area contributed by atoms with E-state index in [4.69, 9.17) is 0 Å². The molecule has 2 N–H and O–H groups in total. The second kappa shape index (κ2) is 9.38. The zero-order chi connectivity index (χ0) is 18.7. The highest BCUT2D eigenvalue weighted by Gasteiger charge is 2.36. The third-order valence-electron chi connectivity index (χ3n) is 5.42. The fourth-order valence-electron chi connectivity index (χ4n) is 3.79. The highest BCUT2D eigenvalue weighted by Crippen LogP contribution is 2.30. The Bertz CT molecular complexity index is 741. The van der Waals surface area contributed by atoms with E-state index in [0.29, 0.717) is 12.5 Å². The van der Waals surface area contributed by atoms with Gasteiger partial charge in [-0.1, -0.05) is 45.0 Å². The number of benzene rings is 1. The van der Waals surface area contributed by atoms with E-state index in [0.717, 1.165) is 18.5 Å². The van der Waals surface area contributed by atoms with Crippen LogP contribution < -0.4 is 10.6 Å². The van der Waals surface area contributed by atoms with E-state index >= 15 is 0 Å². The maximum atomic E-state index is 13.1. The smallest absolute Gasteiger partial charge is 0.225 e. The Morgan fingerprint density at radius 3 is 2.56 bits per heavy atom. The van der Waals surface area contributed by atoms with Crippen molar-refractivity contribution in [2.24, 2.45) is 18.9 Å². The summed E-state index contributed by atoms with van der Waals surface area (Å²) in [5, 5.41) is 10.9. The SMILES string of the molecule is CCc1ccc(C(NC(=O)[C@H]2CNC[C@@H]2c2cnn(C)c2)C(C)C)cc1.Cl. The summed E-state index contributed by atoms with van der Waals surface area (Å²) in [6.45, 7) is 8.00. The van der Waals surface area contributed by atoms with Crippen molar-refractivity contribution in [2.45, 2.75) is 39.2 Å². The van der Waals surface area contributed by atoms with E-state index in [1.807, 2.05) is 19.4 Å². The molecule has 1 saturated heterocycles. The molecule has 1 fully saturated rings. The van der Waals surface area contributed by atoms with Crippen LogP contribution in [-0.2, 0) is 18.3 Å². The van der Waals surface area contributed by atoms with Gasteiger partial charge in [0.15, 0.2) is 0 Å². The molecule has 1 aromatic carbocycles. The Morgan fingerprint density at radius 2 is 2.00 bits per heavy atom. The zero-order valence-electron chi connectivity index (χ0n) is 16.6. The zero-order valence-corrected chi connectivity index (χ0v) is 17.4. The number of hydrogen-bond acceptors (Lipinski definition) is 3. The van der Waals surface area contributed by atoms with Crippen LogP contribution in [-0.4, -0.2) is 28.8 Å². The van der Waals surface area contributed by atoms with Gasteiger partial charge in [0, 0.05) is 32.3 Å². The number of rotatable bonds is 6. The number of halogens is 1. The van der Waals surface area contributed by atoms with Gasteiger partial charge in [-0.25, -0.2) is 0 Å². The average molecular weight is 391 g/mol. The molecule has 148 valence electrons. The number of hydrogen-bond donors (Lipinski definition) is 2. The van der Waals surface area contributed by atoms with E-state index in [-0.39, 0.29) is 36.2 Å².